The third-order valence-electron chi connectivity index (χ3n) is 4.78. The molecular weight excluding hydrogens is 309 g/mol. The van der Waals surface area contributed by atoms with Crippen molar-refractivity contribution < 1.29 is 18.7 Å². The summed E-state index contributed by atoms with van der Waals surface area (Å²) in [4.78, 5) is 23.9. The predicted molar refractivity (Wildman–Crippen MR) is 89.6 cm³/mol. The number of carbonyl (C=O) groups is 2. The summed E-state index contributed by atoms with van der Waals surface area (Å²) >= 11 is 0. The van der Waals surface area contributed by atoms with Gasteiger partial charge in [0.15, 0.2) is 6.29 Å². The van der Waals surface area contributed by atoms with Crippen LogP contribution in [0.25, 0.3) is 10.9 Å². The summed E-state index contributed by atoms with van der Waals surface area (Å²) < 4.78 is 20.9. The molecule has 1 unspecified atom stereocenters. The van der Waals surface area contributed by atoms with Crippen LogP contribution in [0.1, 0.15) is 61.8 Å². The van der Waals surface area contributed by atoms with E-state index in [0.29, 0.717) is 29.2 Å². The molecule has 24 heavy (non-hydrogen) atoms. The van der Waals surface area contributed by atoms with Crippen molar-refractivity contribution in [2.75, 3.05) is 0 Å². The summed E-state index contributed by atoms with van der Waals surface area (Å²) in [7, 11) is 0. The third-order valence-corrected chi connectivity index (χ3v) is 4.78. The van der Waals surface area contributed by atoms with E-state index < -0.39 is 11.9 Å². The van der Waals surface area contributed by atoms with Crippen molar-refractivity contribution in [3.8, 4) is 0 Å². The number of hydrogen-bond donors (Lipinski definition) is 0. The molecule has 0 amide bonds. The van der Waals surface area contributed by atoms with Crippen molar-refractivity contribution in [1.82, 2.24) is 4.57 Å². The molecule has 1 aromatic carbocycles. The SMILES string of the molecule is CCC(C(=O)OC1CCCCC1)n1cc(C=O)c2cc(F)ccc21. The van der Waals surface area contributed by atoms with Gasteiger partial charge >= 0.3 is 5.97 Å². The van der Waals surface area contributed by atoms with Crippen LogP contribution < -0.4 is 0 Å². The van der Waals surface area contributed by atoms with Crippen molar-refractivity contribution in [3.63, 3.8) is 0 Å². The second-order valence-electron chi connectivity index (χ2n) is 6.39. The fourth-order valence-electron chi connectivity index (χ4n) is 3.51. The highest BCUT2D eigenvalue weighted by atomic mass is 19.1. The number of esters is 1. The smallest absolute Gasteiger partial charge is 0.329 e. The Kier molecular flexibility index (Phi) is 4.97. The van der Waals surface area contributed by atoms with Gasteiger partial charge in [0, 0.05) is 22.7 Å². The summed E-state index contributed by atoms with van der Waals surface area (Å²) in [6.07, 6.45) is 8.06. The lowest BCUT2D eigenvalue weighted by molar-refractivity contribution is -0.154. The van der Waals surface area contributed by atoms with Gasteiger partial charge in [0.05, 0.1) is 0 Å². The van der Waals surface area contributed by atoms with Gasteiger partial charge in [-0.3, -0.25) is 4.79 Å². The molecule has 1 aliphatic carbocycles. The zero-order chi connectivity index (χ0) is 17.1. The van der Waals surface area contributed by atoms with Crippen molar-refractivity contribution in [1.29, 1.82) is 0 Å². The Morgan fingerprint density at radius 3 is 2.79 bits per heavy atom. The summed E-state index contributed by atoms with van der Waals surface area (Å²) in [5.74, 6) is -0.677. The second kappa shape index (κ2) is 7.16. The molecule has 0 spiro atoms. The fraction of sp³-hybridized carbons (Fsp3) is 0.474. The van der Waals surface area contributed by atoms with Crippen LogP contribution in [0.4, 0.5) is 4.39 Å². The Morgan fingerprint density at radius 2 is 2.12 bits per heavy atom. The Hall–Kier alpha value is -2.17. The van der Waals surface area contributed by atoms with Crippen molar-refractivity contribution in [2.45, 2.75) is 57.6 Å². The number of halogens is 1. The molecule has 1 aromatic heterocycles. The molecule has 1 aliphatic rings. The monoisotopic (exact) mass is 331 g/mol. The standard InChI is InChI=1S/C19H22FNO3/c1-2-17(19(23)24-15-6-4-3-5-7-15)21-11-13(12-22)16-10-14(20)8-9-18(16)21/h8-12,15,17H,2-7H2,1H3. The van der Waals surface area contributed by atoms with Gasteiger partial charge in [-0.15, -0.1) is 0 Å². The maximum absolute atomic E-state index is 13.5. The lowest BCUT2D eigenvalue weighted by Crippen LogP contribution is -2.27. The Morgan fingerprint density at radius 1 is 1.38 bits per heavy atom. The van der Waals surface area contributed by atoms with Crippen LogP contribution in [0.2, 0.25) is 0 Å². The lowest BCUT2D eigenvalue weighted by Gasteiger charge is -2.25. The minimum Gasteiger partial charge on any atom is -0.461 e. The van der Waals surface area contributed by atoms with Gasteiger partial charge in [0.1, 0.15) is 18.0 Å². The van der Waals surface area contributed by atoms with Gasteiger partial charge in [0.2, 0.25) is 0 Å². The predicted octanol–water partition coefficient (Wildman–Crippen LogP) is 4.42. The highest BCUT2D eigenvalue weighted by Crippen LogP contribution is 2.28. The van der Waals surface area contributed by atoms with Crippen molar-refractivity contribution in [3.05, 3.63) is 35.8 Å². The number of aldehydes is 1. The molecule has 0 saturated heterocycles. The van der Waals surface area contributed by atoms with Crippen LogP contribution in [0.3, 0.4) is 0 Å². The number of fused-ring (bicyclic) bond motifs is 1. The van der Waals surface area contributed by atoms with Gasteiger partial charge in [-0.2, -0.15) is 0 Å². The molecule has 0 radical (unpaired) electrons. The van der Waals surface area contributed by atoms with E-state index in [0.717, 1.165) is 25.7 Å². The Bertz CT molecular complexity index is 746. The average Bonchev–Trinajstić information content (AvgIpc) is 2.94. The van der Waals surface area contributed by atoms with Crippen LogP contribution in [0, 0.1) is 5.82 Å². The van der Waals surface area contributed by atoms with E-state index in [1.807, 2.05) is 6.92 Å². The average molecular weight is 331 g/mol. The van der Waals surface area contributed by atoms with E-state index in [9.17, 15) is 14.0 Å². The fourth-order valence-corrected chi connectivity index (χ4v) is 3.51. The first-order chi connectivity index (χ1) is 11.6. The van der Waals surface area contributed by atoms with E-state index in [-0.39, 0.29) is 12.1 Å². The van der Waals surface area contributed by atoms with E-state index in [1.165, 1.54) is 18.6 Å². The maximum Gasteiger partial charge on any atom is 0.329 e. The maximum atomic E-state index is 13.5. The molecule has 3 rings (SSSR count). The topological polar surface area (TPSA) is 48.3 Å². The highest BCUT2D eigenvalue weighted by Gasteiger charge is 2.26. The number of nitrogens with zero attached hydrogens (tertiary/aromatic N) is 1. The van der Waals surface area contributed by atoms with E-state index >= 15 is 0 Å². The van der Waals surface area contributed by atoms with E-state index in [2.05, 4.69) is 0 Å². The Labute approximate surface area is 140 Å². The molecular formula is C19H22FNO3. The van der Waals surface area contributed by atoms with Crippen LogP contribution >= 0.6 is 0 Å². The molecule has 5 heteroatoms. The van der Waals surface area contributed by atoms with Crippen molar-refractivity contribution in [2.24, 2.45) is 0 Å². The summed E-state index contributed by atoms with van der Waals surface area (Å²) in [6, 6.07) is 3.77. The number of hydrogen-bond acceptors (Lipinski definition) is 3. The molecule has 0 bridgehead atoms. The second-order valence-corrected chi connectivity index (χ2v) is 6.39. The number of carbonyl (C=O) groups excluding carboxylic acids is 2. The van der Waals surface area contributed by atoms with Gasteiger partial charge in [-0.25, -0.2) is 9.18 Å². The first kappa shape index (κ1) is 16.7. The van der Waals surface area contributed by atoms with Gasteiger partial charge in [0.25, 0.3) is 0 Å². The number of aromatic nitrogens is 1. The zero-order valence-electron chi connectivity index (χ0n) is 13.8. The highest BCUT2D eigenvalue weighted by molar-refractivity contribution is 5.98. The summed E-state index contributed by atoms with van der Waals surface area (Å²) in [5.41, 5.74) is 1.05. The molecule has 1 atom stereocenters. The minimum atomic E-state index is -0.506. The van der Waals surface area contributed by atoms with Crippen LogP contribution in [0.5, 0.6) is 0 Å². The van der Waals surface area contributed by atoms with Gasteiger partial charge in [-0.1, -0.05) is 13.3 Å². The van der Waals surface area contributed by atoms with Gasteiger partial charge < -0.3 is 9.30 Å². The van der Waals surface area contributed by atoms with Crippen LogP contribution in [-0.2, 0) is 9.53 Å². The first-order valence-electron chi connectivity index (χ1n) is 8.59. The molecule has 2 aromatic rings. The quantitative estimate of drug-likeness (QED) is 0.602. The van der Waals surface area contributed by atoms with Crippen LogP contribution in [-0.4, -0.2) is 22.9 Å². The largest absolute Gasteiger partial charge is 0.461 e. The normalized spacial score (nSPS) is 16.9. The molecule has 1 saturated carbocycles. The molecule has 128 valence electrons. The third kappa shape index (κ3) is 3.21. The summed E-state index contributed by atoms with van der Waals surface area (Å²) in [6.45, 7) is 1.91. The number of benzene rings is 1. The summed E-state index contributed by atoms with van der Waals surface area (Å²) in [5, 5.41) is 0.522. The van der Waals surface area contributed by atoms with Gasteiger partial charge in [-0.05, 0) is 50.3 Å². The Balaban J connectivity index is 1.91. The molecule has 0 aliphatic heterocycles. The molecule has 1 fully saturated rings. The molecule has 0 N–H and O–H groups in total. The van der Waals surface area contributed by atoms with E-state index in [1.54, 1.807) is 16.8 Å². The number of rotatable bonds is 5. The molecule has 1 heterocycles. The van der Waals surface area contributed by atoms with E-state index in [4.69, 9.17) is 4.74 Å². The zero-order valence-corrected chi connectivity index (χ0v) is 13.8. The lowest BCUT2D eigenvalue weighted by atomic mass is 9.98. The first-order valence-corrected chi connectivity index (χ1v) is 8.59. The van der Waals surface area contributed by atoms with Crippen LogP contribution in [0.15, 0.2) is 24.4 Å². The molecule has 4 nitrogen and oxygen atoms in total. The van der Waals surface area contributed by atoms with Crippen molar-refractivity contribution >= 4 is 23.2 Å². The number of ether oxygens (including phenoxy) is 1. The minimum absolute atomic E-state index is 0.00916.